The highest BCUT2D eigenvalue weighted by molar-refractivity contribution is 6.04. The van der Waals surface area contributed by atoms with Gasteiger partial charge >= 0.3 is 6.18 Å². The standard InChI is InChI=1S/C18H18F3N5O4/c1-29-17-11(2-3-14(24-17)30-10-18(19,20)21)8-26-9-12-13(25-26)4-5-22-15(12)16(28)23-6-7-27/h2-5,9,27H,6-8,10H2,1H3,(H,23,28). The molecule has 0 radical (unpaired) electrons. The third-order valence-electron chi connectivity index (χ3n) is 3.92. The van der Waals surface area contributed by atoms with Crippen molar-refractivity contribution in [1.82, 2.24) is 25.1 Å². The molecule has 3 rings (SSSR count). The lowest BCUT2D eigenvalue weighted by atomic mass is 10.2. The van der Waals surface area contributed by atoms with Gasteiger partial charge in [0.2, 0.25) is 11.8 Å². The highest BCUT2D eigenvalue weighted by Crippen LogP contribution is 2.24. The van der Waals surface area contributed by atoms with Crippen LogP contribution in [0.25, 0.3) is 10.9 Å². The van der Waals surface area contributed by atoms with Crippen molar-refractivity contribution in [1.29, 1.82) is 0 Å². The van der Waals surface area contributed by atoms with Crippen LogP contribution in [0.5, 0.6) is 11.8 Å². The van der Waals surface area contributed by atoms with Gasteiger partial charge in [-0.15, -0.1) is 0 Å². The van der Waals surface area contributed by atoms with Crippen molar-refractivity contribution in [2.24, 2.45) is 0 Å². The van der Waals surface area contributed by atoms with E-state index in [9.17, 15) is 18.0 Å². The minimum absolute atomic E-state index is 0.0910. The molecule has 0 fully saturated rings. The summed E-state index contributed by atoms with van der Waals surface area (Å²) in [7, 11) is 1.34. The van der Waals surface area contributed by atoms with Crippen molar-refractivity contribution in [3.8, 4) is 11.8 Å². The SMILES string of the molecule is COc1nc(OCC(F)(F)F)ccc1Cn1cc2c(C(=O)NCCO)nccc2n1. The lowest BCUT2D eigenvalue weighted by Gasteiger charge is -2.11. The minimum atomic E-state index is -4.47. The van der Waals surface area contributed by atoms with E-state index >= 15 is 0 Å². The van der Waals surface area contributed by atoms with Gasteiger partial charge in [0.1, 0.15) is 5.69 Å². The average molecular weight is 425 g/mol. The quantitative estimate of drug-likeness (QED) is 0.563. The van der Waals surface area contributed by atoms with Gasteiger partial charge in [0.05, 0.1) is 31.2 Å². The number of nitrogens with zero attached hydrogens (tertiary/aromatic N) is 4. The Bertz CT molecular complexity index is 1040. The van der Waals surface area contributed by atoms with Crippen LogP contribution in [0.15, 0.2) is 30.6 Å². The lowest BCUT2D eigenvalue weighted by molar-refractivity contribution is -0.154. The third kappa shape index (κ3) is 5.14. The monoisotopic (exact) mass is 425 g/mol. The molecule has 30 heavy (non-hydrogen) atoms. The summed E-state index contributed by atoms with van der Waals surface area (Å²) < 4.78 is 48.2. The molecule has 0 saturated carbocycles. The summed E-state index contributed by atoms with van der Waals surface area (Å²) in [5, 5.41) is 16.3. The van der Waals surface area contributed by atoms with Crippen LogP contribution < -0.4 is 14.8 Å². The number of aliphatic hydroxyl groups is 1. The van der Waals surface area contributed by atoms with E-state index in [1.54, 1.807) is 12.3 Å². The lowest BCUT2D eigenvalue weighted by Crippen LogP contribution is -2.27. The molecule has 0 aliphatic rings. The molecule has 0 bridgehead atoms. The molecule has 0 saturated heterocycles. The maximum absolute atomic E-state index is 12.3. The molecule has 1 amide bonds. The fourth-order valence-corrected chi connectivity index (χ4v) is 2.67. The molecule has 0 aromatic carbocycles. The molecule has 9 nitrogen and oxygen atoms in total. The number of ether oxygens (including phenoxy) is 2. The number of carbonyl (C=O) groups is 1. The van der Waals surface area contributed by atoms with Crippen LogP contribution in [0.2, 0.25) is 0 Å². The van der Waals surface area contributed by atoms with E-state index < -0.39 is 18.7 Å². The number of alkyl halides is 3. The number of amides is 1. The highest BCUT2D eigenvalue weighted by atomic mass is 19.4. The van der Waals surface area contributed by atoms with Crippen molar-refractivity contribution in [3.05, 3.63) is 41.9 Å². The van der Waals surface area contributed by atoms with Crippen LogP contribution in [0.1, 0.15) is 16.1 Å². The van der Waals surface area contributed by atoms with E-state index in [4.69, 9.17) is 9.84 Å². The predicted octanol–water partition coefficient (Wildman–Crippen LogP) is 1.55. The van der Waals surface area contributed by atoms with Crippen LogP contribution in [-0.4, -0.2) is 63.8 Å². The summed E-state index contributed by atoms with van der Waals surface area (Å²) in [5.74, 6) is -0.571. The number of halogens is 3. The first-order valence-electron chi connectivity index (χ1n) is 8.75. The van der Waals surface area contributed by atoms with Crippen molar-refractivity contribution < 1.29 is 32.5 Å². The molecular weight excluding hydrogens is 407 g/mol. The zero-order chi connectivity index (χ0) is 21.7. The second kappa shape index (κ2) is 8.95. The normalized spacial score (nSPS) is 11.5. The van der Waals surface area contributed by atoms with Crippen LogP contribution in [0.3, 0.4) is 0 Å². The molecule has 0 aliphatic heterocycles. The molecule has 0 aliphatic carbocycles. The summed E-state index contributed by atoms with van der Waals surface area (Å²) in [4.78, 5) is 20.2. The van der Waals surface area contributed by atoms with Crippen molar-refractivity contribution in [3.63, 3.8) is 0 Å². The van der Waals surface area contributed by atoms with Gasteiger partial charge < -0.3 is 19.9 Å². The van der Waals surface area contributed by atoms with Gasteiger partial charge in [-0.25, -0.2) is 0 Å². The summed E-state index contributed by atoms with van der Waals surface area (Å²) >= 11 is 0. The first-order valence-corrected chi connectivity index (χ1v) is 8.75. The maximum atomic E-state index is 12.3. The van der Waals surface area contributed by atoms with E-state index in [2.05, 4.69) is 25.1 Å². The molecule has 160 valence electrons. The zero-order valence-electron chi connectivity index (χ0n) is 15.8. The largest absolute Gasteiger partial charge is 0.481 e. The van der Waals surface area contributed by atoms with E-state index in [1.165, 1.54) is 30.1 Å². The van der Waals surface area contributed by atoms with Gasteiger partial charge in [0.25, 0.3) is 5.91 Å². The van der Waals surface area contributed by atoms with Crippen molar-refractivity contribution in [2.75, 3.05) is 26.9 Å². The molecule has 3 aromatic rings. The van der Waals surface area contributed by atoms with Gasteiger partial charge in [0.15, 0.2) is 6.61 Å². The molecule has 0 unspecified atom stereocenters. The minimum Gasteiger partial charge on any atom is -0.481 e. The second-order valence-electron chi connectivity index (χ2n) is 6.12. The predicted molar refractivity (Wildman–Crippen MR) is 98.4 cm³/mol. The highest BCUT2D eigenvalue weighted by Gasteiger charge is 2.28. The third-order valence-corrected chi connectivity index (χ3v) is 3.92. The molecular formula is C18H18F3N5O4. The van der Waals surface area contributed by atoms with Crippen LogP contribution in [0.4, 0.5) is 13.2 Å². The van der Waals surface area contributed by atoms with E-state index in [0.29, 0.717) is 16.5 Å². The van der Waals surface area contributed by atoms with Crippen LogP contribution in [-0.2, 0) is 6.54 Å². The van der Waals surface area contributed by atoms with Gasteiger partial charge in [-0.2, -0.15) is 23.3 Å². The Hall–Kier alpha value is -3.41. The van der Waals surface area contributed by atoms with Crippen molar-refractivity contribution >= 4 is 16.8 Å². The fraction of sp³-hybridized carbons (Fsp3) is 0.333. The fourth-order valence-electron chi connectivity index (χ4n) is 2.67. The smallest absolute Gasteiger partial charge is 0.422 e. The summed E-state index contributed by atoms with van der Waals surface area (Å²) in [6, 6.07) is 4.47. The van der Waals surface area contributed by atoms with E-state index in [1.807, 2.05) is 0 Å². The van der Waals surface area contributed by atoms with Gasteiger partial charge in [-0.1, -0.05) is 0 Å². The number of aromatic nitrogens is 4. The van der Waals surface area contributed by atoms with E-state index in [-0.39, 0.29) is 37.2 Å². The Balaban J connectivity index is 1.83. The Morgan fingerprint density at radius 3 is 2.80 bits per heavy atom. The number of hydrogen-bond acceptors (Lipinski definition) is 7. The summed E-state index contributed by atoms with van der Waals surface area (Å²) in [6.07, 6.45) is -1.41. The molecule has 12 heteroatoms. The molecule has 2 N–H and O–H groups in total. The first-order chi connectivity index (χ1) is 14.3. The van der Waals surface area contributed by atoms with Gasteiger partial charge in [0, 0.05) is 30.6 Å². The summed E-state index contributed by atoms with van der Waals surface area (Å²) in [6.45, 7) is -1.38. The Labute approximate surface area is 168 Å². The molecule has 3 heterocycles. The number of methoxy groups -OCH3 is 1. The number of carbonyl (C=O) groups excluding carboxylic acids is 1. The Kier molecular flexibility index (Phi) is 6.35. The topological polar surface area (TPSA) is 111 Å². The van der Waals surface area contributed by atoms with Crippen molar-refractivity contribution in [2.45, 2.75) is 12.7 Å². The number of pyridine rings is 2. The number of aliphatic hydroxyl groups excluding tert-OH is 1. The van der Waals surface area contributed by atoms with Crippen LogP contribution >= 0.6 is 0 Å². The molecule has 0 atom stereocenters. The number of hydrogen-bond donors (Lipinski definition) is 2. The molecule has 3 aromatic heterocycles. The maximum Gasteiger partial charge on any atom is 0.422 e. The van der Waals surface area contributed by atoms with E-state index in [0.717, 1.165) is 0 Å². The first kappa shape index (κ1) is 21.3. The van der Waals surface area contributed by atoms with Gasteiger partial charge in [-0.05, 0) is 12.1 Å². The second-order valence-corrected chi connectivity index (χ2v) is 6.12. The van der Waals surface area contributed by atoms with Crippen LogP contribution in [0, 0.1) is 0 Å². The number of nitrogens with one attached hydrogen (secondary N) is 1. The van der Waals surface area contributed by atoms with Gasteiger partial charge in [-0.3, -0.25) is 14.5 Å². The average Bonchev–Trinajstić information content (AvgIpc) is 3.13. The number of rotatable bonds is 8. The Morgan fingerprint density at radius 2 is 2.10 bits per heavy atom. The number of fused-ring (bicyclic) bond motifs is 1. The molecule has 0 spiro atoms. The summed E-state index contributed by atoms with van der Waals surface area (Å²) in [5.41, 5.74) is 1.23. The zero-order valence-corrected chi connectivity index (χ0v) is 15.8. The Morgan fingerprint density at radius 1 is 1.30 bits per heavy atom.